The molecule has 120 valence electrons. The van der Waals surface area contributed by atoms with Crippen molar-refractivity contribution < 1.29 is 13.2 Å². The molecule has 1 N–H and O–H groups in total. The van der Waals surface area contributed by atoms with Crippen molar-refractivity contribution in [1.29, 1.82) is 0 Å². The number of carbonyl (C=O) groups is 1. The van der Waals surface area contributed by atoms with Gasteiger partial charge in [-0.15, -0.1) is 0 Å². The lowest BCUT2D eigenvalue weighted by Crippen LogP contribution is -2.34. The van der Waals surface area contributed by atoms with E-state index in [2.05, 4.69) is 5.32 Å². The fourth-order valence-electron chi connectivity index (χ4n) is 3.55. The number of anilines is 1. The van der Waals surface area contributed by atoms with Crippen LogP contribution in [0.15, 0.2) is 18.2 Å². The molecule has 5 nitrogen and oxygen atoms in total. The fraction of sp³-hybridized carbons (Fsp3) is 0.562. The van der Waals surface area contributed by atoms with E-state index in [0.29, 0.717) is 18.8 Å². The highest BCUT2D eigenvalue weighted by molar-refractivity contribution is 7.92. The van der Waals surface area contributed by atoms with E-state index in [-0.39, 0.29) is 23.6 Å². The van der Waals surface area contributed by atoms with Crippen LogP contribution in [-0.4, -0.2) is 49.9 Å². The fourth-order valence-corrected chi connectivity index (χ4v) is 5.73. The molecule has 0 aliphatic carbocycles. The minimum Gasteiger partial charge on any atom is -0.325 e. The molecule has 2 heterocycles. The number of hydrogen-bond acceptors (Lipinski definition) is 4. The molecule has 22 heavy (non-hydrogen) atoms. The van der Waals surface area contributed by atoms with Crippen LogP contribution >= 0.6 is 0 Å². The highest BCUT2D eigenvalue weighted by Crippen LogP contribution is 2.33. The molecule has 1 aromatic carbocycles. The zero-order valence-corrected chi connectivity index (χ0v) is 13.8. The van der Waals surface area contributed by atoms with E-state index in [4.69, 9.17) is 0 Å². The van der Waals surface area contributed by atoms with Gasteiger partial charge >= 0.3 is 0 Å². The Morgan fingerprint density at radius 1 is 1.32 bits per heavy atom. The Kier molecular flexibility index (Phi) is 3.99. The second-order valence-electron chi connectivity index (χ2n) is 6.51. The van der Waals surface area contributed by atoms with E-state index < -0.39 is 9.84 Å². The van der Waals surface area contributed by atoms with E-state index in [1.165, 1.54) is 0 Å². The van der Waals surface area contributed by atoms with Crippen molar-refractivity contribution >= 4 is 21.4 Å². The quantitative estimate of drug-likeness (QED) is 0.912. The van der Waals surface area contributed by atoms with Gasteiger partial charge in [-0.05, 0) is 37.8 Å². The van der Waals surface area contributed by atoms with Crippen LogP contribution in [0.1, 0.15) is 17.5 Å². The summed E-state index contributed by atoms with van der Waals surface area (Å²) in [6.45, 7) is 5.45. The average Bonchev–Trinajstić information content (AvgIpc) is 2.94. The topological polar surface area (TPSA) is 66.5 Å². The van der Waals surface area contributed by atoms with E-state index >= 15 is 0 Å². The predicted molar refractivity (Wildman–Crippen MR) is 86.7 cm³/mol. The summed E-state index contributed by atoms with van der Waals surface area (Å²) in [4.78, 5) is 14.1. The van der Waals surface area contributed by atoms with Crippen molar-refractivity contribution in [2.24, 2.45) is 5.92 Å². The molecule has 0 unspecified atom stereocenters. The molecular formula is C16H22N2O3S. The lowest BCUT2D eigenvalue weighted by molar-refractivity contribution is -0.117. The number of nitrogens with one attached hydrogen (secondary N) is 1. The smallest absolute Gasteiger partial charge is 0.238 e. The van der Waals surface area contributed by atoms with Gasteiger partial charge in [-0.25, -0.2) is 8.42 Å². The SMILES string of the molecule is Cc1ccc(NC(=O)CN2C[C@@H]3CCS(=O)(=O)[C@@H]3C2)c(C)c1. The summed E-state index contributed by atoms with van der Waals surface area (Å²) in [5.41, 5.74) is 3.02. The molecule has 1 aromatic rings. The van der Waals surface area contributed by atoms with Crippen molar-refractivity contribution in [2.75, 3.05) is 30.7 Å². The van der Waals surface area contributed by atoms with Crippen LogP contribution < -0.4 is 5.32 Å². The summed E-state index contributed by atoms with van der Waals surface area (Å²) in [6, 6.07) is 5.91. The second kappa shape index (κ2) is 5.66. The van der Waals surface area contributed by atoms with Crippen LogP contribution in [0.4, 0.5) is 5.69 Å². The summed E-state index contributed by atoms with van der Waals surface area (Å²) in [5.74, 6) is 0.438. The Labute approximate surface area is 131 Å². The monoisotopic (exact) mass is 322 g/mol. The number of rotatable bonds is 3. The molecule has 2 saturated heterocycles. The molecule has 3 rings (SSSR count). The lowest BCUT2D eigenvalue weighted by atomic mass is 10.1. The lowest BCUT2D eigenvalue weighted by Gasteiger charge is -2.17. The van der Waals surface area contributed by atoms with Crippen LogP contribution in [0.2, 0.25) is 0 Å². The van der Waals surface area contributed by atoms with Crippen LogP contribution in [0.5, 0.6) is 0 Å². The molecule has 0 radical (unpaired) electrons. The van der Waals surface area contributed by atoms with Gasteiger partial charge in [0.1, 0.15) is 0 Å². The third-order valence-corrected chi connectivity index (χ3v) is 6.98. The highest BCUT2D eigenvalue weighted by Gasteiger charge is 2.46. The van der Waals surface area contributed by atoms with Crippen LogP contribution in [-0.2, 0) is 14.6 Å². The van der Waals surface area contributed by atoms with Gasteiger partial charge in [-0.2, -0.15) is 0 Å². The Hall–Kier alpha value is -1.40. The first kappa shape index (κ1) is 15.5. The Morgan fingerprint density at radius 3 is 2.77 bits per heavy atom. The molecule has 2 atom stereocenters. The number of amides is 1. The third kappa shape index (κ3) is 3.03. The number of sulfone groups is 1. The van der Waals surface area contributed by atoms with E-state index in [0.717, 1.165) is 23.2 Å². The van der Waals surface area contributed by atoms with Gasteiger partial charge in [0.15, 0.2) is 9.84 Å². The Morgan fingerprint density at radius 2 is 2.09 bits per heavy atom. The summed E-state index contributed by atoms with van der Waals surface area (Å²) in [5, 5.41) is 2.66. The Balaban J connectivity index is 1.59. The van der Waals surface area contributed by atoms with Gasteiger partial charge in [0.05, 0.1) is 17.5 Å². The number of benzene rings is 1. The van der Waals surface area contributed by atoms with Gasteiger partial charge in [0.25, 0.3) is 0 Å². The molecule has 0 aromatic heterocycles. The molecule has 2 aliphatic heterocycles. The highest BCUT2D eigenvalue weighted by atomic mass is 32.2. The number of aryl methyl sites for hydroxylation is 2. The van der Waals surface area contributed by atoms with E-state index in [1.54, 1.807) is 0 Å². The van der Waals surface area contributed by atoms with Gasteiger partial charge in [0.2, 0.25) is 5.91 Å². The van der Waals surface area contributed by atoms with Gasteiger partial charge in [-0.1, -0.05) is 17.7 Å². The maximum atomic E-state index is 12.2. The molecule has 0 spiro atoms. The zero-order chi connectivity index (χ0) is 15.9. The maximum Gasteiger partial charge on any atom is 0.238 e. The molecule has 0 bridgehead atoms. The van der Waals surface area contributed by atoms with Crippen LogP contribution in [0.3, 0.4) is 0 Å². The third-order valence-electron chi connectivity index (χ3n) is 4.71. The van der Waals surface area contributed by atoms with Crippen LogP contribution in [0, 0.1) is 19.8 Å². The molecule has 6 heteroatoms. The van der Waals surface area contributed by atoms with Gasteiger partial charge in [0, 0.05) is 18.8 Å². The second-order valence-corrected chi connectivity index (χ2v) is 8.85. The van der Waals surface area contributed by atoms with E-state index in [1.807, 2.05) is 36.9 Å². The number of likely N-dealkylation sites (tertiary alicyclic amines) is 1. The number of hydrogen-bond donors (Lipinski definition) is 1. The number of nitrogens with zero attached hydrogens (tertiary/aromatic N) is 1. The average molecular weight is 322 g/mol. The minimum atomic E-state index is -2.94. The van der Waals surface area contributed by atoms with E-state index in [9.17, 15) is 13.2 Å². The van der Waals surface area contributed by atoms with Crippen molar-refractivity contribution in [1.82, 2.24) is 4.90 Å². The summed E-state index contributed by atoms with van der Waals surface area (Å²) >= 11 is 0. The normalized spacial score (nSPS) is 26.8. The van der Waals surface area contributed by atoms with Crippen molar-refractivity contribution in [3.05, 3.63) is 29.3 Å². The van der Waals surface area contributed by atoms with Gasteiger partial charge in [-0.3, -0.25) is 9.69 Å². The van der Waals surface area contributed by atoms with Crippen molar-refractivity contribution in [3.63, 3.8) is 0 Å². The van der Waals surface area contributed by atoms with Crippen molar-refractivity contribution in [2.45, 2.75) is 25.5 Å². The minimum absolute atomic E-state index is 0.0793. The molecule has 2 aliphatic rings. The maximum absolute atomic E-state index is 12.2. The van der Waals surface area contributed by atoms with Gasteiger partial charge < -0.3 is 5.32 Å². The first-order valence-electron chi connectivity index (χ1n) is 7.66. The first-order chi connectivity index (χ1) is 10.3. The first-order valence-corrected chi connectivity index (χ1v) is 9.38. The number of carbonyl (C=O) groups excluding carboxylic acids is 1. The predicted octanol–water partition coefficient (Wildman–Crippen LogP) is 1.36. The molecule has 0 saturated carbocycles. The standard InChI is InChI=1S/C16H22N2O3S/c1-11-3-4-14(12(2)7-11)17-16(19)10-18-8-13-5-6-22(20,21)15(13)9-18/h3-4,7,13,15H,5-6,8-10H2,1-2H3,(H,17,19)/t13-,15+/m0/s1. The summed E-state index contributed by atoms with van der Waals surface area (Å²) < 4.78 is 23.8. The number of fused-ring (bicyclic) bond motifs is 1. The molecular weight excluding hydrogens is 300 g/mol. The van der Waals surface area contributed by atoms with Crippen LogP contribution in [0.25, 0.3) is 0 Å². The largest absolute Gasteiger partial charge is 0.325 e. The van der Waals surface area contributed by atoms with Crippen molar-refractivity contribution in [3.8, 4) is 0 Å². The zero-order valence-electron chi connectivity index (χ0n) is 13.0. The summed E-state index contributed by atoms with van der Waals surface area (Å²) in [6.07, 6.45) is 0.738. The molecule has 2 fully saturated rings. The summed E-state index contributed by atoms with van der Waals surface area (Å²) in [7, 11) is -2.94. The molecule has 1 amide bonds. The Bertz CT molecular complexity index is 699.